The van der Waals surface area contributed by atoms with Gasteiger partial charge in [0.25, 0.3) is 0 Å². The largest absolute Gasteiger partial charge is 0.471 e. The van der Waals surface area contributed by atoms with E-state index in [4.69, 9.17) is 0 Å². The predicted molar refractivity (Wildman–Crippen MR) is 50.6 cm³/mol. The van der Waals surface area contributed by atoms with E-state index in [1.807, 2.05) is 0 Å². The van der Waals surface area contributed by atoms with Gasteiger partial charge in [-0.05, 0) is 14.1 Å². The number of hydrogen-bond acceptors (Lipinski definition) is 3. The maximum absolute atomic E-state index is 11.7. The minimum Gasteiger partial charge on any atom is -0.353 e. The predicted octanol–water partition coefficient (Wildman–Crippen LogP) is -0.657. The van der Waals surface area contributed by atoms with E-state index in [0.29, 0.717) is 0 Å². The Morgan fingerprint density at radius 3 is 2.06 bits per heavy atom. The first-order valence-corrected chi connectivity index (χ1v) is 4.50. The quantitative estimate of drug-likeness (QED) is 0.628. The van der Waals surface area contributed by atoms with E-state index in [2.05, 4.69) is 5.32 Å². The van der Waals surface area contributed by atoms with Crippen LogP contribution in [0.5, 0.6) is 0 Å². The summed E-state index contributed by atoms with van der Waals surface area (Å²) in [4.78, 5) is 23.0. The highest BCUT2D eigenvalue weighted by atomic mass is 19.4. The van der Waals surface area contributed by atoms with E-state index < -0.39 is 12.1 Å². The van der Waals surface area contributed by atoms with Gasteiger partial charge in [0, 0.05) is 13.1 Å². The molecule has 8 heteroatoms. The molecule has 0 saturated heterocycles. The smallest absolute Gasteiger partial charge is 0.353 e. The highest BCUT2D eigenvalue weighted by Gasteiger charge is 2.38. The number of rotatable bonds is 5. The van der Waals surface area contributed by atoms with Crippen LogP contribution in [0.25, 0.3) is 0 Å². The van der Waals surface area contributed by atoms with Crippen molar-refractivity contribution in [2.45, 2.75) is 6.18 Å². The highest BCUT2D eigenvalue weighted by Crippen LogP contribution is 2.13. The molecule has 0 aliphatic heterocycles. The van der Waals surface area contributed by atoms with Crippen LogP contribution in [0.4, 0.5) is 13.2 Å². The molecular formula is C8H14F3N3O2. The minimum absolute atomic E-state index is 0.0332. The summed E-state index contributed by atoms with van der Waals surface area (Å²) in [6, 6.07) is 0. The Hall–Kier alpha value is -1.31. The molecule has 0 rings (SSSR count). The van der Waals surface area contributed by atoms with Crippen LogP contribution >= 0.6 is 0 Å². The van der Waals surface area contributed by atoms with E-state index in [9.17, 15) is 22.8 Å². The molecule has 2 amide bonds. The van der Waals surface area contributed by atoms with Gasteiger partial charge in [0.2, 0.25) is 5.91 Å². The summed E-state index contributed by atoms with van der Waals surface area (Å²) < 4.78 is 35.1. The van der Waals surface area contributed by atoms with Crippen LogP contribution in [-0.4, -0.2) is 56.6 Å². The maximum Gasteiger partial charge on any atom is 0.471 e. The number of likely N-dealkylation sites (N-methyl/N-ethyl adjacent to an activating group) is 1. The van der Waals surface area contributed by atoms with Gasteiger partial charge in [0.05, 0.1) is 6.54 Å². The number of amides is 2. The normalized spacial score (nSPS) is 11.4. The second-order valence-electron chi connectivity index (χ2n) is 3.34. The summed E-state index contributed by atoms with van der Waals surface area (Å²) in [6.45, 7) is -0.140. The number of hydrogen-bond donors (Lipinski definition) is 2. The fourth-order valence-corrected chi connectivity index (χ4v) is 0.821. The van der Waals surface area contributed by atoms with Gasteiger partial charge in [0.1, 0.15) is 0 Å². The van der Waals surface area contributed by atoms with Crippen LogP contribution in [0.1, 0.15) is 0 Å². The Bertz CT molecular complexity index is 253. The Kier molecular flexibility index (Phi) is 5.79. The van der Waals surface area contributed by atoms with Crippen molar-refractivity contribution in [3.8, 4) is 0 Å². The lowest BCUT2D eigenvalue weighted by molar-refractivity contribution is -0.173. The molecule has 0 aliphatic carbocycles. The van der Waals surface area contributed by atoms with Gasteiger partial charge in [-0.2, -0.15) is 13.2 Å². The van der Waals surface area contributed by atoms with E-state index >= 15 is 0 Å². The van der Waals surface area contributed by atoms with E-state index in [1.165, 1.54) is 0 Å². The van der Waals surface area contributed by atoms with Gasteiger partial charge in [0.15, 0.2) is 0 Å². The minimum atomic E-state index is -4.88. The zero-order chi connectivity index (χ0) is 12.8. The molecule has 0 bridgehead atoms. The van der Waals surface area contributed by atoms with Crippen molar-refractivity contribution >= 4 is 11.8 Å². The van der Waals surface area contributed by atoms with Crippen molar-refractivity contribution in [2.75, 3.05) is 33.7 Å². The maximum atomic E-state index is 11.7. The zero-order valence-electron chi connectivity index (χ0n) is 9.02. The summed E-state index contributed by atoms with van der Waals surface area (Å²) in [6.07, 6.45) is -4.88. The van der Waals surface area contributed by atoms with Crippen molar-refractivity contribution in [1.29, 1.82) is 0 Å². The molecule has 0 aromatic heterocycles. The van der Waals surface area contributed by atoms with Crippen LogP contribution in [-0.2, 0) is 9.59 Å². The van der Waals surface area contributed by atoms with E-state index in [1.54, 1.807) is 24.3 Å². The lowest BCUT2D eigenvalue weighted by Crippen LogP contribution is -2.42. The monoisotopic (exact) mass is 241 g/mol. The summed E-state index contributed by atoms with van der Waals surface area (Å²) in [5.74, 6) is -2.32. The second kappa shape index (κ2) is 6.31. The molecule has 94 valence electrons. The third kappa shape index (κ3) is 7.04. The van der Waals surface area contributed by atoms with Crippen molar-refractivity contribution < 1.29 is 22.8 Å². The van der Waals surface area contributed by atoms with E-state index in [-0.39, 0.29) is 25.5 Å². The molecule has 0 spiro atoms. The number of carbonyl (C=O) groups excluding carboxylic acids is 2. The third-order valence-electron chi connectivity index (χ3n) is 1.45. The van der Waals surface area contributed by atoms with Gasteiger partial charge < -0.3 is 15.5 Å². The molecule has 0 fully saturated rings. The van der Waals surface area contributed by atoms with Crippen molar-refractivity contribution in [1.82, 2.24) is 15.5 Å². The Balaban J connectivity index is 3.62. The lowest BCUT2D eigenvalue weighted by Gasteiger charge is -2.11. The van der Waals surface area contributed by atoms with Gasteiger partial charge in [-0.25, -0.2) is 0 Å². The fourth-order valence-electron chi connectivity index (χ4n) is 0.821. The molecule has 2 N–H and O–H groups in total. The molecule has 5 nitrogen and oxygen atoms in total. The summed E-state index contributed by atoms with van der Waals surface area (Å²) in [5, 5.41) is 4.00. The van der Waals surface area contributed by atoms with Crippen molar-refractivity contribution in [2.24, 2.45) is 0 Å². The van der Waals surface area contributed by atoms with Crippen LogP contribution in [0.3, 0.4) is 0 Å². The molecule has 0 saturated carbocycles. The Morgan fingerprint density at radius 2 is 1.62 bits per heavy atom. The zero-order valence-corrected chi connectivity index (χ0v) is 9.02. The molecule has 0 atom stereocenters. The first-order valence-electron chi connectivity index (χ1n) is 4.50. The van der Waals surface area contributed by atoms with Crippen molar-refractivity contribution in [3.63, 3.8) is 0 Å². The molecule has 0 unspecified atom stereocenters. The molecular weight excluding hydrogens is 227 g/mol. The standard InChI is InChI=1S/C8H14F3N3O2/c1-14(2)5-6(15)12-3-4-13-7(16)8(9,10)11/h3-5H2,1-2H3,(H,12,15)(H,13,16). The summed E-state index contributed by atoms with van der Waals surface area (Å²) >= 11 is 0. The molecule has 16 heavy (non-hydrogen) atoms. The molecule has 0 heterocycles. The average Bonchev–Trinajstić information content (AvgIpc) is 2.09. The third-order valence-corrected chi connectivity index (χ3v) is 1.45. The van der Waals surface area contributed by atoms with Gasteiger partial charge in [-0.3, -0.25) is 9.59 Å². The van der Waals surface area contributed by atoms with Crippen LogP contribution < -0.4 is 10.6 Å². The average molecular weight is 241 g/mol. The van der Waals surface area contributed by atoms with Crippen LogP contribution in [0.2, 0.25) is 0 Å². The molecule has 0 radical (unpaired) electrons. The van der Waals surface area contributed by atoms with Gasteiger partial charge >= 0.3 is 12.1 Å². The first-order chi connectivity index (χ1) is 7.23. The second-order valence-corrected chi connectivity index (χ2v) is 3.34. The highest BCUT2D eigenvalue weighted by molar-refractivity contribution is 5.81. The topological polar surface area (TPSA) is 61.4 Å². The summed E-state index contributed by atoms with van der Waals surface area (Å²) in [7, 11) is 3.37. The number of halogens is 3. The number of nitrogens with one attached hydrogen (secondary N) is 2. The van der Waals surface area contributed by atoms with Crippen molar-refractivity contribution in [3.05, 3.63) is 0 Å². The Labute approximate surface area is 91.0 Å². The van der Waals surface area contributed by atoms with E-state index in [0.717, 1.165) is 0 Å². The molecule has 0 aromatic carbocycles. The molecule has 0 aliphatic rings. The number of nitrogens with zero attached hydrogens (tertiary/aromatic N) is 1. The fraction of sp³-hybridized carbons (Fsp3) is 0.750. The molecule has 0 aromatic rings. The Morgan fingerprint density at radius 1 is 1.12 bits per heavy atom. The van der Waals surface area contributed by atoms with Gasteiger partial charge in [-0.1, -0.05) is 0 Å². The summed E-state index contributed by atoms with van der Waals surface area (Å²) in [5.41, 5.74) is 0. The first kappa shape index (κ1) is 14.7. The SMILES string of the molecule is CN(C)CC(=O)NCCNC(=O)C(F)(F)F. The van der Waals surface area contributed by atoms with Crippen LogP contribution in [0, 0.1) is 0 Å². The number of carbonyl (C=O) groups is 2. The lowest BCUT2D eigenvalue weighted by atomic mass is 10.5. The van der Waals surface area contributed by atoms with Crippen LogP contribution in [0.15, 0.2) is 0 Å². The van der Waals surface area contributed by atoms with Gasteiger partial charge in [-0.15, -0.1) is 0 Å². The number of alkyl halides is 3.